The molecule has 1 unspecified atom stereocenters. The Labute approximate surface area is 67.5 Å². The molecule has 0 heterocycles. The molecule has 0 aliphatic carbocycles. The van der Waals surface area contributed by atoms with Gasteiger partial charge in [0.15, 0.2) is 0 Å². The average Bonchev–Trinajstić information content (AvgIpc) is 2.05. The summed E-state index contributed by atoms with van der Waals surface area (Å²) in [4.78, 5) is 10.3. The molecular formula is C7H16N2O2. The van der Waals surface area contributed by atoms with E-state index < -0.39 is 0 Å². The first kappa shape index (κ1) is 10.4. The van der Waals surface area contributed by atoms with E-state index in [1.807, 2.05) is 13.8 Å². The third kappa shape index (κ3) is 3.32. The van der Waals surface area contributed by atoms with Crippen molar-refractivity contribution >= 4 is 0 Å². The van der Waals surface area contributed by atoms with Gasteiger partial charge in [-0.3, -0.25) is 0 Å². The Morgan fingerprint density at radius 3 is 2.45 bits per heavy atom. The van der Waals surface area contributed by atoms with Crippen LogP contribution in [0, 0.1) is 4.91 Å². The van der Waals surface area contributed by atoms with Gasteiger partial charge in [-0.1, -0.05) is 13.8 Å². The Morgan fingerprint density at radius 2 is 2.18 bits per heavy atom. The van der Waals surface area contributed by atoms with E-state index in [0.717, 1.165) is 12.8 Å². The standard InChI is InChI=1S/C7H16N2O2/c1-4-6-9(8-10)7(5-2)11-3/h7H,4-6H2,1-3H3. The molecule has 11 heavy (non-hydrogen) atoms. The average molecular weight is 160 g/mol. The van der Waals surface area contributed by atoms with Crippen molar-refractivity contribution in [3.63, 3.8) is 0 Å². The second-order valence-electron chi connectivity index (χ2n) is 2.34. The van der Waals surface area contributed by atoms with Gasteiger partial charge < -0.3 is 4.74 Å². The van der Waals surface area contributed by atoms with Crippen molar-refractivity contribution in [3.05, 3.63) is 4.91 Å². The first-order chi connectivity index (χ1) is 5.29. The molecule has 0 fully saturated rings. The molecule has 0 saturated carbocycles. The minimum Gasteiger partial charge on any atom is -0.360 e. The van der Waals surface area contributed by atoms with Crippen molar-refractivity contribution in [2.75, 3.05) is 13.7 Å². The van der Waals surface area contributed by atoms with Crippen molar-refractivity contribution in [1.29, 1.82) is 0 Å². The summed E-state index contributed by atoms with van der Waals surface area (Å²) in [6, 6.07) is 0. The van der Waals surface area contributed by atoms with Crippen molar-refractivity contribution in [2.45, 2.75) is 32.9 Å². The summed E-state index contributed by atoms with van der Waals surface area (Å²) in [5.74, 6) is 0. The van der Waals surface area contributed by atoms with Crippen LogP contribution >= 0.6 is 0 Å². The predicted octanol–water partition coefficient (Wildman–Crippen LogP) is 1.76. The minimum absolute atomic E-state index is 0.160. The number of hydrogen-bond acceptors (Lipinski definition) is 3. The van der Waals surface area contributed by atoms with Gasteiger partial charge in [0.25, 0.3) is 0 Å². The highest BCUT2D eigenvalue weighted by atomic mass is 16.5. The molecule has 0 N–H and O–H groups in total. The maximum Gasteiger partial charge on any atom is 0.148 e. The second kappa shape index (κ2) is 6.09. The molecule has 4 nitrogen and oxygen atoms in total. The van der Waals surface area contributed by atoms with Gasteiger partial charge in [-0.2, -0.15) is 0 Å². The summed E-state index contributed by atoms with van der Waals surface area (Å²) in [6.07, 6.45) is 1.53. The monoisotopic (exact) mass is 160 g/mol. The first-order valence-corrected chi connectivity index (χ1v) is 3.92. The fourth-order valence-corrected chi connectivity index (χ4v) is 0.966. The van der Waals surface area contributed by atoms with Crippen LogP contribution in [0.4, 0.5) is 0 Å². The summed E-state index contributed by atoms with van der Waals surface area (Å²) in [5, 5.41) is 4.31. The molecule has 1 atom stereocenters. The van der Waals surface area contributed by atoms with E-state index in [-0.39, 0.29) is 6.23 Å². The summed E-state index contributed by atoms with van der Waals surface area (Å²) in [5.41, 5.74) is 0. The maximum atomic E-state index is 10.3. The Hall–Kier alpha value is -0.640. The van der Waals surface area contributed by atoms with Crippen molar-refractivity contribution in [2.24, 2.45) is 5.29 Å². The predicted molar refractivity (Wildman–Crippen MR) is 43.9 cm³/mol. The Bertz CT molecular complexity index is 105. The van der Waals surface area contributed by atoms with Crippen molar-refractivity contribution < 1.29 is 4.74 Å². The van der Waals surface area contributed by atoms with Crippen LogP contribution in [0.1, 0.15) is 26.7 Å². The van der Waals surface area contributed by atoms with Crippen LogP contribution in [0.5, 0.6) is 0 Å². The second-order valence-corrected chi connectivity index (χ2v) is 2.34. The number of rotatable bonds is 6. The lowest BCUT2D eigenvalue weighted by molar-refractivity contribution is -0.0346. The van der Waals surface area contributed by atoms with E-state index in [2.05, 4.69) is 5.29 Å². The van der Waals surface area contributed by atoms with E-state index in [0.29, 0.717) is 6.54 Å². The van der Waals surface area contributed by atoms with Crippen LogP contribution < -0.4 is 0 Å². The van der Waals surface area contributed by atoms with Crippen LogP contribution in [-0.4, -0.2) is 24.9 Å². The molecule has 0 aliphatic rings. The van der Waals surface area contributed by atoms with Gasteiger partial charge in [0.05, 0.1) is 5.29 Å². The van der Waals surface area contributed by atoms with E-state index in [1.54, 1.807) is 7.11 Å². The quantitative estimate of drug-likeness (QED) is 0.338. The first-order valence-electron chi connectivity index (χ1n) is 3.92. The molecule has 4 heteroatoms. The highest BCUT2D eigenvalue weighted by Gasteiger charge is 2.13. The zero-order valence-electron chi connectivity index (χ0n) is 7.41. The molecule has 0 bridgehead atoms. The normalized spacial score (nSPS) is 12.6. The summed E-state index contributed by atoms with van der Waals surface area (Å²) in [6.45, 7) is 4.62. The van der Waals surface area contributed by atoms with Crippen LogP contribution in [0.3, 0.4) is 0 Å². The van der Waals surface area contributed by atoms with Crippen molar-refractivity contribution in [1.82, 2.24) is 5.01 Å². The summed E-state index contributed by atoms with van der Waals surface area (Å²) >= 11 is 0. The van der Waals surface area contributed by atoms with E-state index in [1.165, 1.54) is 5.01 Å². The Kier molecular flexibility index (Phi) is 5.74. The fourth-order valence-electron chi connectivity index (χ4n) is 0.966. The van der Waals surface area contributed by atoms with Crippen LogP contribution in [0.25, 0.3) is 0 Å². The van der Waals surface area contributed by atoms with E-state index in [9.17, 15) is 4.91 Å². The molecule has 0 aromatic carbocycles. The van der Waals surface area contributed by atoms with Crippen molar-refractivity contribution in [3.8, 4) is 0 Å². The van der Waals surface area contributed by atoms with Crippen LogP contribution in [0.15, 0.2) is 5.29 Å². The zero-order chi connectivity index (χ0) is 8.69. The molecule has 0 spiro atoms. The third-order valence-corrected chi connectivity index (χ3v) is 1.51. The number of ether oxygens (including phenoxy) is 1. The number of nitroso groups, excluding NO2 is 1. The largest absolute Gasteiger partial charge is 0.360 e. The lowest BCUT2D eigenvalue weighted by Crippen LogP contribution is -2.31. The number of hydrogen-bond donors (Lipinski definition) is 0. The molecule has 0 aromatic rings. The van der Waals surface area contributed by atoms with Gasteiger partial charge >= 0.3 is 0 Å². The topological polar surface area (TPSA) is 41.9 Å². The van der Waals surface area contributed by atoms with Gasteiger partial charge in [0.2, 0.25) is 0 Å². The summed E-state index contributed by atoms with van der Waals surface area (Å²) in [7, 11) is 1.59. The SMILES string of the molecule is CCCN(N=O)C(CC)OC. The molecule has 0 aliphatic heterocycles. The molecule has 0 saturated heterocycles. The van der Waals surface area contributed by atoms with Crippen LogP contribution in [-0.2, 0) is 4.74 Å². The van der Waals surface area contributed by atoms with Gasteiger partial charge in [0.1, 0.15) is 6.23 Å². The van der Waals surface area contributed by atoms with Gasteiger partial charge in [-0.25, -0.2) is 5.01 Å². The number of nitrogens with zero attached hydrogens (tertiary/aromatic N) is 2. The lowest BCUT2D eigenvalue weighted by Gasteiger charge is -2.22. The minimum atomic E-state index is -0.160. The molecule has 0 rings (SSSR count). The Morgan fingerprint density at radius 1 is 1.55 bits per heavy atom. The van der Waals surface area contributed by atoms with E-state index >= 15 is 0 Å². The molecule has 66 valence electrons. The third-order valence-electron chi connectivity index (χ3n) is 1.51. The highest BCUT2D eigenvalue weighted by molar-refractivity contribution is 4.54. The molecule has 0 radical (unpaired) electrons. The smallest absolute Gasteiger partial charge is 0.148 e. The fraction of sp³-hybridized carbons (Fsp3) is 1.00. The lowest BCUT2D eigenvalue weighted by atomic mass is 10.4. The molecular weight excluding hydrogens is 144 g/mol. The zero-order valence-corrected chi connectivity index (χ0v) is 7.41. The van der Waals surface area contributed by atoms with Gasteiger partial charge in [0, 0.05) is 13.7 Å². The van der Waals surface area contributed by atoms with E-state index in [4.69, 9.17) is 4.74 Å². The number of methoxy groups -OCH3 is 1. The molecule has 0 aromatic heterocycles. The summed E-state index contributed by atoms with van der Waals surface area (Å²) < 4.78 is 5.04. The maximum absolute atomic E-state index is 10.3. The van der Waals surface area contributed by atoms with Gasteiger partial charge in [-0.05, 0) is 12.8 Å². The Balaban J connectivity index is 3.86. The molecule has 0 amide bonds. The highest BCUT2D eigenvalue weighted by Crippen LogP contribution is 2.05. The van der Waals surface area contributed by atoms with Crippen LogP contribution in [0.2, 0.25) is 0 Å². The van der Waals surface area contributed by atoms with Gasteiger partial charge in [-0.15, -0.1) is 4.91 Å².